The molecule has 2 heterocycles. The monoisotopic (exact) mass is 448 g/mol. The summed E-state index contributed by atoms with van der Waals surface area (Å²) in [4.78, 5) is 15.8. The van der Waals surface area contributed by atoms with Gasteiger partial charge in [0, 0.05) is 34.8 Å². The standard InChI is InChI=1S/C23H23Cl2FN2O2/c1-12-7-13(12)10-28-15(11-29)9-18(16-3-2-4-19(25)21(16)26)23(28)17-6-5-14(24)8-20(17)27-22(23)30/h2-6,8,12-13,15,18,29H,7,9-11H2,1H3,(H,27,30)/t12?,13?,15-,18-,23-/m1/s1. The summed E-state index contributed by atoms with van der Waals surface area (Å²) in [6, 6.07) is 10.0. The van der Waals surface area contributed by atoms with Gasteiger partial charge in [0.05, 0.1) is 11.6 Å². The lowest BCUT2D eigenvalue weighted by atomic mass is 9.75. The van der Waals surface area contributed by atoms with Gasteiger partial charge >= 0.3 is 0 Å². The van der Waals surface area contributed by atoms with E-state index >= 15 is 4.39 Å². The highest BCUT2D eigenvalue weighted by Crippen LogP contribution is 2.58. The highest BCUT2D eigenvalue weighted by molar-refractivity contribution is 6.31. The normalized spacial score (nSPS) is 32.5. The molecule has 5 rings (SSSR count). The van der Waals surface area contributed by atoms with Crippen molar-refractivity contribution >= 4 is 34.8 Å². The third kappa shape index (κ3) is 2.83. The maximum atomic E-state index is 15.2. The largest absolute Gasteiger partial charge is 0.395 e. The molecular weight excluding hydrogens is 426 g/mol. The quantitative estimate of drug-likeness (QED) is 0.706. The molecule has 2 aliphatic heterocycles. The van der Waals surface area contributed by atoms with Crippen molar-refractivity contribution in [1.29, 1.82) is 0 Å². The number of nitrogens with zero attached hydrogens (tertiary/aromatic N) is 1. The fourth-order valence-corrected chi connectivity index (χ4v) is 5.85. The van der Waals surface area contributed by atoms with Crippen molar-refractivity contribution in [2.75, 3.05) is 18.5 Å². The first-order valence-electron chi connectivity index (χ1n) is 10.3. The number of anilines is 1. The molecular formula is C23H23Cl2FN2O2. The van der Waals surface area contributed by atoms with Gasteiger partial charge in [0.2, 0.25) is 5.91 Å². The van der Waals surface area contributed by atoms with E-state index in [1.807, 2.05) is 6.07 Å². The summed E-state index contributed by atoms with van der Waals surface area (Å²) in [6.07, 6.45) is 1.56. The predicted molar refractivity (Wildman–Crippen MR) is 115 cm³/mol. The molecule has 30 heavy (non-hydrogen) atoms. The number of hydrogen-bond donors (Lipinski definition) is 2. The lowest BCUT2D eigenvalue weighted by Crippen LogP contribution is -2.53. The molecule has 2 unspecified atom stereocenters. The Kier molecular flexibility index (Phi) is 4.86. The van der Waals surface area contributed by atoms with Gasteiger partial charge in [0.1, 0.15) is 11.4 Å². The molecule has 2 aromatic rings. The molecule has 0 bridgehead atoms. The van der Waals surface area contributed by atoms with Crippen LogP contribution in [0.5, 0.6) is 0 Å². The van der Waals surface area contributed by atoms with Crippen LogP contribution in [0.1, 0.15) is 36.8 Å². The van der Waals surface area contributed by atoms with E-state index < -0.39 is 17.3 Å². The van der Waals surface area contributed by atoms with Crippen molar-refractivity contribution in [2.24, 2.45) is 11.8 Å². The van der Waals surface area contributed by atoms with E-state index in [0.717, 1.165) is 12.0 Å². The molecule has 0 radical (unpaired) electrons. The molecule has 2 N–H and O–H groups in total. The molecule has 1 saturated carbocycles. The van der Waals surface area contributed by atoms with Crippen LogP contribution in [0.25, 0.3) is 0 Å². The Hall–Kier alpha value is -1.66. The van der Waals surface area contributed by atoms with E-state index in [2.05, 4.69) is 17.1 Å². The molecule has 1 aliphatic carbocycles. The molecule has 1 spiro atoms. The summed E-state index contributed by atoms with van der Waals surface area (Å²) in [5, 5.41) is 13.8. The van der Waals surface area contributed by atoms with E-state index in [4.69, 9.17) is 23.2 Å². The Bertz CT molecular complexity index is 1030. The average molecular weight is 449 g/mol. The first-order valence-corrected chi connectivity index (χ1v) is 11.1. The van der Waals surface area contributed by atoms with Gasteiger partial charge in [-0.3, -0.25) is 9.69 Å². The summed E-state index contributed by atoms with van der Waals surface area (Å²) in [6.45, 7) is 2.77. The lowest BCUT2D eigenvalue weighted by molar-refractivity contribution is -0.128. The molecule has 3 aliphatic rings. The number of halogens is 3. The average Bonchev–Trinajstić information content (AvgIpc) is 3.20. The van der Waals surface area contributed by atoms with Crippen LogP contribution < -0.4 is 5.32 Å². The third-order valence-electron chi connectivity index (χ3n) is 7.17. The summed E-state index contributed by atoms with van der Waals surface area (Å²) in [7, 11) is 0. The van der Waals surface area contributed by atoms with Gasteiger partial charge in [0.15, 0.2) is 0 Å². The number of hydrogen-bond acceptors (Lipinski definition) is 3. The minimum atomic E-state index is -1.11. The first-order chi connectivity index (χ1) is 14.4. The third-order valence-corrected chi connectivity index (χ3v) is 7.69. The Labute approximate surface area is 185 Å². The topological polar surface area (TPSA) is 52.6 Å². The summed E-state index contributed by atoms with van der Waals surface area (Å²) in [5.74, 6) is -0.143. The second kappa shape index (κ2) is 7.20. The van der Waals surface area contributed by atoms with Crippen LogP contribution in [0.4, 0.5) is 10.1 Å². The van der Waals surface area contributed by atoms with Crippen molar-refractivity contribution < 1.29 is 14.3 Å². The van der Waals surface area contributed by atoms with E-state index in [-0.39, 0.29) is 23.6 Å². The SMILES string of the molecule is CC1CC1CN1[C@@H](CO)C[C@H](c2cccc(Cl)c2F)[C@]12C(=O)Nc1cc(Cl)ccc12. The first kappa shape index (κ1) is 20.3. The smallest absolute Gasteiger partial charge is 0.250 e. The fourth-order valence-electron chi connectivity index (χ4n) is 5.50. The number of carbonyl (C=O) groups is 1. The zero-order chi connectivity index (χ0) is 21.2. The zero-order valence-corrected chi connectivity index (χ0v) is 18.1. The van der Waals surface area contributed by atoms with Gasteiger partial charge in [-0.05, 0) is 48.4 Å². The second-order valence-corrected chi connectivity index (χ2v) is 9.65. The summed E-state index contributed by atoms with van der Waals surface area (Å²) < 4.78 is 15.2. The molecule has 4 nitrogen and oxygen atoms in total. The maximum absolute atomic E-state index is 15.2. The van der Waals surface area contributed by atoms with Crippen LogP contribution in [0, 0.1) is 17.7 Å². The molecule has 5 atom stereocenters. The minimum absolute atomic E-state index is 0.0344. The molecule has 1 saturated heterocycles. The highest BCUT2D eigenvalue weighted by atomic mass is 35.5. The summed E-state index contributed by atoms with van der Waals surface area (Å²) in [5.41, 5.74) is 0.726. The van der Waals surface area contributed by atoms with Crippen LogP contribution in [0.15, 0.2) is 36.4 Å². The van der Waals surface area contributed by atoms with Crippen molar-refractivity contribution in [3.8, 4) is 0 Å². The molecule has 158 valence electrons. The molecule has 2 fully saturated rings. The van der Waals surface area contributed by atoms with E-state index in [1.165, 1.54) is 6.07 Å². The second-order valence-electron chi connectivity index (χ2n) is 8.80. The predicted octanol–water partition coefficient (Wildman–Crippen LogP) is 4.79. The van der Waals surface area contributed by atoms with Gasteiger partial charge in [0.25, 0.3) is 0 Å². The van der Waals surface area contributed by atoms with Crippen LogP contribution in [0.3, 0.4) is 0 Å². The van der Waals surface area contributed by atoms with Crippen LogP contribution in [0.2, 0.25) is 10.0 Å². The van der Waals surface area contributed by atoms with Crippen LogP contribution in [-0.2, 0) is 10.3 Å². The molecule has 1 amide bonds. The highest BCUT2D eigenvalue weighted by Gasteiger charge is 2.64. The van der Waals surface area contributed by atoms with Crippen molar-refractivity contribution in [2.45, 2.75) is 37.3 Å². The Morgan fingerprint density at radius 2 is 2.03 bits per heavy atom. The summed E-state index contributed by atoms with van der Waals surface area (Å²) >= 11 is 12.3. The van der Waals surface area contributed by atoms with Crippen LogP contribution >= 0.6 is 23.2 Å². The van der Waals surface area contributed by atoms with Gasteiger partial charge in [-0.25, -0.2) is 4.39 Å². The molecule has 7 heteroatoms. The van der Waals surface area contributed by atoms with E-state index in [0.29, 0.717) is 41.1 Å². The van der Waals surface area contributed by atoms with Gasteiger partial charge in [-0.15, -0.1) is 0 Å². The van der Waals surface area contributed by atoms with Gasteiger partial charge < -0.3 is 10.4 Å². The number of aliphatic hydroxyl groups is 1. The van der Waals surface area contributed by atoms with Gasteiger partial charge in [-0.2, -0.15) is 0 Å². The number of nitrogens with one attached hydrogen (secondary N) is 1. The van der Waals surface area contributed by atoms with Gasteiger partial charge in [-0.1, -0.05) is 48.3 Å². The number of carbonyl (C=O) groups excluding carboxylic acids is 1. The Balaban J connectivity index is 1.73. The Morgan fingerprint density at radius 1 is 1.27 bits per heavy atom. The minimum Gasteiger partial charge on any atom is -0.395 e. The number of benzene rings is 2. The Morgan fingerprint density at radius 3 is 2.73 bits per heavy atom. The lowest BCUT2D eigenvalue weighted by Gasteiger charge is -2.40. The fraction of sp³-hybridized carbons (Fsp3) is 0.435. The molecule has 0 aromatic heterocycles. The van der Waals surface area contributed by atoms with E-state index in [9.17, 15) is 9.90 Å². The van der Waals surface area contributed by atoms with Crippen molar-refractivity contribution in [1.82, 2.24) is 4.90 Å². The van der Waals surface area contributed by atoms with E-state index in [1.54, 1.807) is 24.3 Å². The number of likely N-dealkylation sites (tertiary alicyclic amines) is 1. The number of fused-ring (bicyclic) bond motifs is 2. The van der Waals surface area contributed by atoms with Crippen molar-refractivity contribution in [3.63, 3.8) is 0 Å². The number of aliphatic hydroxyl groups excluding tert-OH is 1. The van der Waals surface area contributed by atoms with Crippen LogP contribution in [-0.4, -0.2) is 35.1 Å². The number of rotatable bonds is 4. The maximum Gasteiger partial charge on any atom is 0.250 e. The number of amides is 1. The molecule has 2 aromatic carbocycles. The zero-order valence-electron chi connectivity index (χ0n) is 16.5. The van der Waals surface area contributed by atoms with Crippen molar-refractivity contribution in [3.05, 3.63) is 63.4 Å².